The second-order valence-electron chi connectivity index (χ2n) is 4.49. The third-order valence-electron chi connectivity index (χ3n) is 2.93. The molecule has 2 heterocycles. The number of likely N-dealkylation sites (tertiary alicyclic amines) is 1. The molecule has 84 valence electrons. The Balaban J connectivity index is 2.06. The molecule has 15 heavy (non-hydrogen) atoms. The van der Waals surface area contributed by atoms with Gasteiger partial charge in [0.2, 0.25) is 0 Å². The summed E-state index contributed by atoms with van der Waals surface area (Å²) in [6, 6.07) is 0.549. The predicted molar refractivity (Wildman–Crippen MR) is 58.5 cm³/mol. The molecule has 2 N–H and O–H groups in total. The van der Waals surface area contributed by atoms with Crippen LogP contribution in [-0.4, -0.2) is 29.5 Å². The molecule has 4 heteroatoms. The van der Waals surface area contributed by atoms with Gasteiger partial charge < -0.3 is 10.2 Å². The Labute approximate surface area is 90.5 Å². The molecule has 1 aliphatic rings. The van der Waals surface area contributed by atoms with E-state index in [4.69, 9.17) is 10.2 Å². The maximum Gasteiger partial charge on any atom is 0.195 e. The first kappa shape index (κ1) is 10.6. The van der Waals surface area contributed by atoms with Crippen LogP contribution in [0.4, 0.5) is 0 Å². The Morgan fingerprint density at radius 1 is 1.73 bits per heavy atom. The highest BCUT2D eigenvalue weighted by atomic mass is 16.3. The van der Waals surface area contributed by atoms with E-state index in [1.54, 1.807) is 6.26 Å². The van der Waals surface area contributed by atoms with Crippen molar-refractivity contribution in [2.75, 3.05) is 13.6 Å². The van der Waals surface area contributed by atoms with Crippen LogP contribution in [0.2, 0.25) is 0 Å². The molecule has 4 nitrogen and oxygen atoms in total. The van der Waals surface area contributed by atoms with Gasteiger partial charge in [-0.05, 0) is 33.4 Å². The van der Waals surface area contributed by atoms with Gasteiger partial charge in [-0.25, -0.2) is 4.98 Å². The number of hydrogen-bond acceptors (Lipinski definition) is 4. The van der Waals surface area contributed by atoms with Crippen LogP contribution >= 0.6 is 0 Å². The summed E-state index contributed by atoms with van der Waals surface area (Å²) in [5, 5.41) is 0. The minimum Gasteiger partial charge on any atom is -0.449 e. The lowest BCUT2D eigenvalue weighted by Crippen LogP contribution is -2.19. The Morgan fingerprint density at radius 3 is 3.13 bits per heavy atom. The van der Waals surface area contributed by atoms with E-state index in [2.05, 4.69) is 16.9 Å². The fourth-order valence-electron chi connectivity index (χ4n) is 2.13. The van der Waals surface area contributed by atoms with Crippen molar-refractivity contribution in [1.29, 1.82) is 0 Å². The minimum absolute atomic E-state index is 0.109. The fourth-order valence-corrected chi connectivity index (χ4v) is 2.13. The van der Waals surface area contributed by atoms with Gasteiger partial charge in [0.1, 0.15) is 6.26 Å². The average molecular weight is 209 g/mol. The quantitative estimate of drug-likeness (QED) is 0.816. The molecule has 0 amide bonds. The monoisotopic (exact) mass is 209 g/mol. The maximum atomic E-state index is 5.70. The van der Waals surface area contributed by atoms with E-state index in [0.29, 0.717) is 6.04 Å². The van der Waals surface area contributed by atoms with E-state index in [9.17, 15) is 0 Å². The van der Waals surface area contributed by atoms with E-state index >= 15 is 0 Å². The average Bonchev–Trinajstić information content (AvgIpc) is 2.72. The second-order valence-corrected chi connectivity index (χ2v) is 4.49. The van der Waals surface area contributed by atoms with Gasteiger partial charge in [0.15, 0.2) is 5.89 Å². The second kappa shape index (κ2) is 4.33. The van der Waals surface area contributed by atoms with Crippen molar-refractivity contribution >= 4 is 0 Å². The summed E-state index contributed by atoms with van der Waals surface area (Å²) >= 11 is 0. The standard InChI is InChI=1S/C11H19N3O/c1-8(12)6-11-13-9(7-15-11)10-4-3-5-14(10)2/h7-8,10H,3-6,12H2,1-2H3. The van der Waals surface area contributed by atoms with Gasteiger partial charge in [-0.3, -0.25) is 4.90 Å². The molecule has 0 saturated carbocycles. The summed E-state index contributed by atoms with van der Waals surface area (Å²) < 4.78 is 5.42. The summed E-state index contributed by atoms with van der Waals surface area (Å²) in [6.07, 6.45) is 4.93. The van der Waals surface area contributed by atoms with Gasteiger partial charge in [-0.1, -0.05) is 0 Å². The van der Waals surface area contributed by atoms with Gasteiger partial charge in [0.05, 0.1) is 11.7 Å². The minimum atomic E-state index is 0.109. The van der Waals surface area contributed by atoms with Crippen molar-refractivity contribution in [2.24, 2.45) is 5.73 Å². The number of hydrogen-bond donors (Lipinski definition) is 1. The van der Waals surface area contributed by atoms with E-state index in [-0.39, 0.29) is 6.04 Å². The highest BCUT2D eigenvalue weighted by Crippen LogP contribution is 2.29. The molecule has 1 aromatic rings. The molecule has 0 spiro atoms. The zero-order valence-electron chi connectivity index (χ0n) is 9.44. The van der Waals surface area contributed by atoms with Gasteiger partial charge in [0.25, 0.3) is 0 Å². The van der Waals surface area contributed by atoms with E-state index in [0.717, 1.165) is 24.6 Å². The predicted octanol–water partition coefficient (Wildman–Crippen LogP) is 1.33. The van der Waals surface area contributed by atoms with E-state index < -0.39 is 0 Å². The van der Waals surface area contributed by atoms with Crippen molar-refractivity contribution in [3.05, 3.63) is 17.8 Å². The number of oxazole rings is 1. The summed E-state index contributed by atoms with van der Waals surface area (Å²) in [7, 11) is 2.14. The first-order valence-corrected chi connectivity index (χ1v) is 5.57. The number of aromatic nitrogens is 1. The number of nitrogens with two attached hydrogens (primary N) is 1. The summed E-state index contributed by atoms with van der Waals surface area (Å²) in [6.45, 7) is 3.12. The van der Waals surface area contributed by atoms with E-state index in [1.165, 1.54) is 12.8 Å². The normalized spacial score (nSPS) is 24.6. The molecule has 1 aromatic heterocycles. The molecule has 1 aliphatic heterocycles. The summed E-state index contributed by atoms with van der Waals surface area (Å²) in [4.78, 5) is 6.82. The van der Waals surface area contributed by atoms with Crippen LogP contribution in [0.3, 0.4) is 0 Å². The summed E-state index contributed by atoms with van der Waals surface area (Å²) in [5.74, 6) is 0.764. The molecule has 2 unspecified atom stereocenters. The van der Waals surface area contributed by atoms with Crippen molar-refractivity contribution in [3.63, 3.8) is 0 Å². The largest absolute Gasteiger partial charge is 0.449 e. The van der Waals surface area contributed by atoms with Gasteiger partial charge in [-0.2, -0.15) is 0 Å². The van der Waals surface area contributed by atoms with Crippen molar-refractivity contribution < 1.29 is 4.42 Å². The molecule has 0 radical (unpaired) electrons. The fraction of sp³-hybridized carbons (Fsp3) is 0.727. The van der Waals surface area contributed by atoms with Crippen molar-refractivity contribution in [3.8, 4) is 0 Å². The Kier molecular flexibility index (Phi) is 3.07. The zero-order valence-corrected chi connectivity index (χ0v) is 9.44. The molecule has 1 fully saturated rings. The highest BCUT2D eigenvalue weighted by Gasteiger charge is 2.25. The SMILES string of the molecule is CC(N)Cc1nc(C2CCCN2C)co1. The van der Waals surface area contributed by atoms with Gasteiger partial charge >= 0.3 is 0 Å². The lowest BCUT2D eigenvalue weighted by molar-refractivity contribution is 0.311. The topological polar surface area (TPSA) is 55.3 Å². The van der Waals surface area contributed by atoms with Crippen LogP contribution in [0.5, 0.6) is 0 Å². The third kappa shape index (κ3) is 2.38. The van der Waals surface area contributed by atoms with Crippen LogP contribution in [0, 0.1) is 0 Å². The maximum absolute atomic E-state index is 5.70. The molecule has 1 saturated heterocycles. The first-order chi connectivity index (χ1) is 7.16. The lowest BCUT2D eigenvalue weighted by Gasteiger charge is -2.15. The Morgan fingerprint density at radius 2 is 2.53 bits per heavy atom. The van der Waals surface area contributed by atoms with Crippen LogP contribution in [0.25, 0.3) is 0 Å². The smallest absolute Gasteiger partial charge is 0.195 e. The Hall–Kier alpha value is -0.870. The summed E-state index contributed by atoms with van der Waals surface area (Å²) in [5.41, 5.74) is 6.76. The third-order valence-corrected chi connectivity index (χ3v) is 2.93. The van der Waals surface area contributed by atoms with Crippen LogP contribution in [0.15, 0.2) is 10.7 Å². The zero-order chi connectivity index (χ0) is 10.8. The molecule has 2 rings (SSSR count). The molecule has 0 aliphatic carbocycles. The highest BCUT2D eigenvalue weighted by molar-refractivity contribution is 5.06. The van der Waals surface area contributed by atoms with Gasteiger partial charge in [0, 0.05) is 12.5 Å². The van der Waals surface area contributed by atoms with Crippen molar-refractivity contribution in [1.82, 2.24) is 9.88 Å². The molecule has 0 bridgehead atoms. The number of rotatable bonds is 3. The molecular weight excluding hydrogens is 190 g/mol. The molecule has 2 atom stereocenters. The van der Waals surface area contributed by atoms with E-state index in [1.807, 2.05) is 6.92 Å². The van der Waals surface area contributed by atoms with Crippen LogP contribution in [-0.2, 0) is 6.42 Å². The lowest BCUT2D eigenvalue weighted by atomic mass is 10.2. The molecular formula is C11H19N3O. The Bertz CT molecular complexity index is 321. The van der Waals surface area contributed by atoms with Crippen LogP contribution < -0.4 is 5.73 Å². The van der Waals surface area contributed by atoms with Gasteiger partial charge in [-0.15, -0.1) is 0 Å². The molecule has 0 aromatic carbocycles. The number of nitrogens with zero attached hydrogens (tertiary/aromatic N) is 2. The first-order valence-electron chi connectivity index (χ1n) is 5.57. The van der Waals surface area contributed by atoms with Crippen molar-refractivity contribution in [2.45, 2.75) is 38.3 Å². The van der Waals surface area contributed by atoms with Crippen LogP contribution in [0.1, 0.15) is 37.4 Å².